The van der Waals surface area contributed by atoms with Gasteiger partial charge >= 0.3 is 10.2 Å². The Morgan fingerprint density at radius 2 is 1.94 bits per heavy atom. The molecule has 5 nitrogen and oxygen atoms in total. The van der Waals surface area contributed by atoms with Crippen LogP contribution in [0.15, 0.2) is 24.3 Å². The fourth-order valence-electron chi connectivity index (χ4n) is 1.54. The van der Waals surface area contributed by atoms with Crippen molar-refractivity contribution in [2.45, 2.75) is 20.4 Å². The molecule has 3 N–H and O–H groups in total. The Labute approximate surface area is 103 Å². The normalized spacial score (nSPS) is 11.8. The minimum atomic E-state index is -3.46. The minimum Gasteiger partial charge on any atom is -0.326 e. The summed E-state index contributed by atoms with van der Waals surface area (Å²) in [4.78, 5) is 0. The zero-order valence-corrected chi connectivity index (χ0v) is 11.0. The quantitative estimate of drug-likeness (QED) is 0.802. The molecule has 17 heavy (non-hydrogen) atoms. The average molecular weight is 257 g/mol. The fraction of sp³-hybridized carbons (Fsp3) is 0.455. The van der Waals surface area contributed by atoms with E-state index >= 15 is 0 Å². The summed E-state index contributed by atoms with van der Waals surface area (Å²) in [5.74, 6) is 0. The van der Waals surface area contributed by atoms with Crippen molar-refractivity contribution < 1.29 is 8.42 Å². The van der Waals surface area contributed by atoms with Crippen molar-refractivity contribution in [1.29, 1.82) is 0 Å². The molecule has 0 aromatic heterocycles. The van der Waals surface area contributed by atoms with Gasteiger partial charge in [-0.3, -0.25) is 4.72 Å². The Bertz CT molecular complexity index is 456. The lowest BCUT2D eigenvalue weighted by Gasteiger charge is -2.19. The molecule has 0 amide bonds. The van der Waals surface area contributed by atoms with Crippen molar-refractivity contribution in [1.82, 2.24) is 4.31 Å². The summed E-state index contributed by atoms with van der Waals surface area (Å²) in [6, 6.07) is 7.08. The molecule has 0 heterocycles. The molecule has 1 aromatic rings. The van der Waals surface area contributed by atoms with E-state index in [0.717, 1.165) is 5.56 Å². The van der Waals surface area contributed by atoms with Gasteiger partial charge in [0.05, 0.1) is 5.69 Å². The highest BCUT2D eigenvalue weighted by Crippen LogP contribution is 2.13. The van der Waals surface area contributed by atoms with E-state index in [1.807, 2.05) is 6.07 Å². The van der Waals surface area contributed by atoms with Gasteiger partial charge in [-0.15, -0.1) is 0 Å². The van der Waals surface area contributed by atoms with E-state index in [0.29, 0.717) is 25.3 Å². The average Bonchev–Trinajstić information content (AvgIpc) is 2.29. The first-order valence-corrected chi connectivity index (χ1v) is 7.04. The van der Waals surface area contributed by atoms with Gasteiger partial charge in [0.2, 0.25) is 0 Å². The van der Waals surface area contributed by atoms with Gasteiger partial charge in [0.15, 0.2) is 0 Å². The van der Waals surface area contributed by atoms with Crippen LogP contribution in [0.5, 0.6) is 0 Å². The highest BCUT2D eigenvalue weighted by Gasteiger charge is 2.18. The molecule has 0 atom stereocenters. The van der Waals surface area contributed by atoms with Crippen LogP contribution < -0.4 is 10.5 Å². The maximum atomic E-state index is 11.9. The van der Waals surface area contributed by atoms with Crippen LogP contribution in [0.2, 0.25) is 0 Å². The topological polar surface area (TPSA) is 75.4 Å². The van der Waals surface area contributed by atoms with Gasteiger partial charge in [0.1, 0.15) is 0 Å². The van der Waals surface area contributed by atoms with Crippen LogP contribution in [0.25, 0.3) is 0 Å². The SMILES string of the molecule is CCN(CC)S(=O)(=O)Nc1cccc(CN)c1. The molecule has 0 spiro atoms. The number of anilines is 1. The largest absolute Gasteiger partial charge is 0.326 e. The molecule has 1 rings (SSSR count). The summed E-state index contributed by atoms with van der Waals surface area (Å²) in [7, 11) is -3.46. The summed E-state index contributed by atoms with van der Waals surface area (Å²) in [5, 5.41) is 0. The van der Waals surface area contributed by atoms with Gasteiger partial charge in [-0.2, -0.15) is 12.7 Å². The predicted octanol–water partition coefficient (Wildman–Crippen LogP) is 1.14. The molecule has 0 fully saturated rings. The van der Waals surface area contributed by atoms with E-state index in [1.54, 1.807) is 32.0 Å². The highest BCUT2D eigenvalue weighted by atomic mass is 32.2. The zero-order valence-electron chi connectivity index (χ0n) is 10.2. The molecule has 0 unspecified atom stereocenters. The van der Waals surface area contributed by atoms with E-state index in [-0.39, 0.29) is 0 Å². The second-order valence-corrected chi connectivity index (χ2v) is 5.27. The number of nitrogens with zero attached hydrogens (tertiary/aromatic N) is 1. The summed E-state index contributed by atoms with van der Waals surface area (Å²) in [6.45, 7) is 4.89. The number of benzene rings is 1. The molecule has 0 radical (unpaired) electrons. The molecule has 96 valence electrons. The summed E-state index contributed by atoms with van der Waals surface area (Å²) in [6.07, 6.45) is 0. The van der Waals surface area contributed by atoms with Crippen LogP contribution in [0, 0.1) is 0 Å². The van der Waals surface area contributed by atoms with Crippen LogP contribution in [0.3, 0.4) is 0 Å². The second-order valence-electron chi connectivity index (χ2n) is 3.60. The molecular weight excluding hydrogens is 238 g/mol. The number of rotatable bonds is 6. The molecular formula is C11H19N3O2S. The molecule has 1 aromatic carbocycles. The van der Waals surface area contributed by atoms with Crippen LogP contribution >= 0.6 is 0 Å². The van der Waals surface area contributed by atoms with E-state index in [2.05, 4.69) is 4.72 Å². The fourth-order valence-corrected chi connectivity index (χ4v) is 2.77. The Hall–Kier alpha value is -1.11. The van der Waals surface area contributed by atoms with E-state index in [1.165, 1.54) is 4.31 Å². The molecule has 0 aliphatic heterocycles. The van der Waals surface area contributed by atoms with Gasteiger partial charge in [-0.1, -0.05) is 26.0 Å². The highest BCUT2D eigenvalue weighted by molar-refractivity contribution is 7.90. The van der Waals surface area contributed by atoms with Crippen LogP contribution in [-0.2, 0) is 16.8 Å². The summed E-state index contributed by atoms with van der Waals surface area (Å²) < 4.78 is 27.8. The third-order valence-electron chi connectivity index (χ3n) is 2.45. The molecule has 0 saturated heterocycles. The third-order valence-corrected chi connectivity index (χ3v) is 4.14. The van der Waals surface area contributed by atoms with E-state index in [9.17, 15) is 8.42 Å². The maximum absolute atomic E-state index is 11.9. The lowest BCUT2D eigenvalue weighted by molar-refractivity contribution is 0.449. The maximum Gasteiger partial charge on any atom is 0.301 e. The molecule has 0 aliphatic carbocycles. The Kier molecular flexibility index (Phi) is 4.92. The first-order valence-electron chi connectivity index (χ1n) is 5.60. The predicted molar refractivity (Wildman–Crippen MR) is 69.8 cm³/mol. The minimum absolute atomic E-state index is 0.390. The number of nitrogens with two attached hydrogens (primary N) is 1. The van der Waals surface area contributed by atoms with Crippen molar-refractivity contribution in [3.63, 3.8) is 0 Å². The Morgan fingerprint density at radius 3 is 2.47 bits per heavy atom. The van der Waals surface area contributed by atoms with Crippen molar-refractivity contribution in [3.05, 3.63) is 29.8 Å². The van der Waals surface area contributed by atoms with Gasteiger partial charge in [-0.05, 0) is 17.7 Å². The standard InChI is InChI=1S/C11H19N3O2S/c1-3-14(4-2)17(15,16)13-11-7-5-6-10(8-11)9-12/h5-8,13H,3-4,9,12H2,1-2H3. The zero-order chi connectivity index (χ0) is 12.9. The van der Waals surface area contributed by atoms with Crippen molar-refractivity contribution in [3.8, 4) is 0 Å². The van der Waals surface area contributed by atoms with Crippen LogP contribution in [0.4, 0.5) is 5.69 Å². The number of hydrogen-bond acceptors (Lipinski definition) is 3. The van der Waals surface area contributed by atoms with E-state index in [4.69, 9.17) is 5.73 Å². The molecule has 0 bridgehead atoms. The second kappa shape index (κ2) is 6.00. The van der Waals surface area contributed by atoms with Gasteiger partial charge in [0, 0.05) is 19.6 Å². The summed E-state index contributed by atoms with van der Waals surface area (Å²) >= 11 is 0. The van der Waals surface area contributed by atoms with E-state index < -0.39 is 10.2 Å². The van der Waals surface area contributed by atoms with Gasteiger partial charge in [-0.25, -0.2) is 0 Å². The molecule has 6 heteroatoms. The molecule has 0 aliphatic rings. The van der Waals surface area contributed by atoms with Gasteiger partial charge < -0.3 is 5.73 Å². The smallest absolute Gasteiger partial charge is 0.301 e. The Balaban J connectivity index is 2.89. The van der Waals surface area contributed by atoms with Crippen molar-refractivity contribution >= 4 is 15.9 Å². The summed E-state index contributed by atoms with van der Waals surface area (Å²) in [5.41, 5.74) is 6.94. The molecule has 0 saturated carbocycles. The van der Waals surface area contributed by atoms with Crippen LogP contribution in [0.1, 0.15) is 19.4 Å². The first-order chi connectivity index (χ1) is 8.03. The van der Waals surface area contributed by atoms with Crippen molar-refractivity contribution in [2.75, 3.05) is 17.8 Å². The lowest BCUT2D eigenvalue weighted by Crippen LogP contribution is -2.35. The van der Waals surface area contributed by atoms with Gasteiger partial charge in [0.25, 0.3) is 0 Å². The third kappa shape index (κ3) is 3.69. The monoisotopic (exact) mass is 257 g/mol. The number of hydrogen-bond donors (Lipinski definition) is 2. The first kappa shape index (κ1) is 14.0. The van der Waals surface area contributed by atoms with Crippen LogP contribution in [-0.4, -0.2) is 25.8 Å². The lowest BCUT2D eigenvalue weighted by atomic mass is 10.2. The van der Waals surface area contributed by atoms with Crippen molar-refractivity contribution in [2.24, 2.45) is 5.73 Å². The number of nitrogens with one attached hydrogen (secondary N) is 1. The Morgan fingerprint density at radius 1 is 1.29 bits per heavy atom.